The van der Waals surface area contributed by atoms with Gasteiger partial charge in [-0.25, -0.2) is 24.2 Å². The number of rotatable bonds is 23. The second-order valence-electron chi connectivity index (χ2n) is 10.1. The van der Waals surface area contributed by atoms with Crippen molar-refractivity contribution in [2.75, 3.05) is 26.4 Å². The second-order valence-corrected chi connectivity index (χ2v) is 10.1. The summed E-state index contributed by atoms with van der Waals surface area (Å²) in [5.41, 5.74) is 0.611. The van der Waals surface area contributed by atoms with Gasteiger partial charge in [0.15, 0.2) is 11.6 Å². The fourth-order valence-corrected chi connectivity index (χ4v) is 3.62. The first-order valence-electron chi connectivity index (χ1n) is 14.4. The zero-order valence-corrected chi connectivity index (χ0v) is 25.5. The lowest BCUT2D eigenvalue weighted by molar-refractivity contribution is -0.564. The maximum atomic E-state index is 13.7. The number of ether oxygens (including phenoxy) is 6. The van der Waals surface area contributed by atoms with Gasteiger partial charge in [-0.05, 0) is 30.7 Å². The molecule has 0 saturated carbocycles. The fraction of sp³-hybridized carbons (Fsp3) is 0.643. The number of hydrogen-bond donors (Lipinski definition) is 0. The summed E-state index contributed by atoms with van der Waals surface area (Å²) in [5.74, 6) is 1.18. The quantitative estimate of drug-likeness (QED) is 0.0825. The normalized spacial score (nSPS) is 13.5. The minimum Gasteiger partial charge on any atom is -0.494 e. The lowest BCUT2D eigenvalue weighted by Gasteiger charge is -2.33. The van der Waals surface area contributed by atoms with Gasteiger partial charge in [-0.2, -0.15) is 43.9 Å². The molecule has 2 aromatic rings. The lowest BCUT2D eigenvalue weighted by Crippen LogP contribution is -2.57. The van der Waals surface area contributed by atoms with E-state index in [1.807, 2.05) is 0 Å². The van der Waals surface area contributed by atoms with E-state index in [1.165, 1.54) is 43.8 Å². The van der Waals surface area contributed by atoms with Gasteiger partial charge in [0.05, 0.1) is 32.2 Å². The Bertz CT molecular complexity index is 1250. The van der Waals surface area contributed by atoms with Crippen LogP contribution in [0.1, 0.15) is 51.9 Å². The van der Waals surface area contributed by atoms with Crippen molar-refractivity contribution in [3.8, 4) is 22.9 Å². The van der Waals surface area contributed by atoms with Crippen molar-refractivity contribution in [3.05, 3.63) is 36.7 Å². The van der Waals surface area contributed by atoms with E-state index >= 15 is 0 Å². The number of nitrogens with zero attached hydrogens (tertiary/aromatic N) is 2. The number of benzene rings is 1. The van der Waals surface area contributed by atoms with Crippen LogP contribution < -0.4 is 9.47 Å². The van der Waals surface area contributed by atoms with Gasteiger partial charge in [0.1, 0.15) is 12.4 Å². The maximum absolute atomic E-state index is 13.7. The highest BCUT2D eigenvalue weighted by atomic mass is 19.4. The predicted octanol–water partition coefficient (Wildman–Crippen LogP) is 9.20. The van der Waals surface area contributed by atoms with E-state index in [1.54, 1.807) is 21.6 Å². The first-order chi connectivity index (χ1) is 22.6. The van der Waals surface area contributed by atoms with Crippen LogP contribution in [0.25, 0.3) is 11.4 Å². The Morgan fingerprint density at radius 2 is 1.02 bits per heavy atom. The first-order valence-corrected chi connectivity index (χ1v) is 14.4. The van der Waals surface area contributed by atoms with Crippen LogP contribution in [0.15, 0.2) is 36.7 Å². The molecule has 21 heteroatoms. The standard InChI is InChI=1S/C28H31F13N2O6/c1-2-3-4-5-6-7-14-46-21-16-42-22(43-17-21)19-9-11-20(12-10-19)45-15-8-13-44-18-23(29,30)47-24(31,32)25(33,34)48-26(35,36)27(37,38)49-28(39,40)41/h9-12,16-17H,2-8,13-15,18H2,1H3. The van der Waals surface area contributed by atoms with E-state index < -0.39 is 50.1 Å². The van der Waals surface area contributed by atoms with Crippen molar-refractivity contribution >= 4 is 0 Å². The fourth-order valence-electron chi connectivity index (χ4n) is 3.62. The Kier molecular flexibility index (Phi) is 15.1. The summed E-state index contributed by atoms with van der Waals surface area (Å²) in [6.45, 7) is -0.365. The van der Waals surface area contributed by atoms with Crippen LogP contribution in [0.2, 0.25) is 0 Å². The predicted molar refractivity (Wildman–Crippen MR) is 141 cm³/mol. The largest absolute Gasteiger partial charge is 0.527 e. The van der Waals surface area contributed by atoms with Gasteiger partial charge in [-0.1, -0.05) is 39.0 Å². The number of aromatic nitrogens is 2. The molecular formula is C28H31F13N2O6. The molecule has 8 nitrogen and oxygen atoms in total. The minimum atomic E-state index is -7.10. The molecule has 0 radical (unpaired) electrons. The third kappa shape index (κ3) is 14.3. The Labute approximate surface area is 270 Å². The summed E-state index contributed by atoms with van der Waals surface area (Å²) in [5, 5.41) is 0. The molecule has 49 heavy (non-hydrogen) atoms. The third-order valence-electron chi connectivity index (χ3n) is 5.93. The van der Waals surface area contributed by atoms with Crippen molar-refractivity contribution in [2.45, 2.75) is 88.8 Å². The van der Waals surface area contributed by atoms with Gasteiger partial charge in [0, 0.05) is 12.0 Å². The zero-order chi connectivity index (χ0) is 37.0. The zero-order valence-electron chi connectivity index (χ0n) is 25.5. The number of unbranched alkanes of at least 4 members (excludes halogenated alkanes) is 5. The van der Waals surface area contributed by atoms with E-state index in [0.717, 1.165) is 19.3 Å². The highest BCUT2D eigenvalue weighted by Gasteiger charge is 2.74. The van der Waals surface area contributed by atoms with Crippen molar-refractivity contribution in [3.63, 3.8) is 0 Å². The van der Waals surface area contributed by atoms with E-state index in [9.17, 15) is 57.1 Å². The van der Waals surface area contributed by atoms with Gasteiger partial charge < -0.3 is 14.2 Å². The van der Waals surface area contributed by atoms with Crippen molar-refractivity contribution in [2.24, 2.45) is 0 Å². The van der Waals surface area contributed by atoms with Crippen LogP contribution in [0, 0.1) is 0 Å². The van der Waals surface area contributed by atoms with Crippen molar-refractivity contribution in [1.82, 2.24) is 9.97 Å². The molecule has 1 heterocycles. The Hall–Kier alpha value is -3.17. The number of halogens is 13. The lowest BCUT2D eigenvalue weighted by atomic mass is 10.1. The summed E-state index contributed by atoms with van der Waals surface area (Å²) in [6.07, 6.45) is -30.3. The molecule has 280 valence electrons. The van der Waals surface area contributed by atoms with Crippen LogP contribution in [0.5, 0.6) is 11.5 Å². The second kappa shape index (κ2) is 17.7. The summed E-state index contributed by atoms with van der Waals surface area (Å²) in [4.78, 5) is 8.48. The van der Waals surface area contributed by atoms with Gasteiger partial charge in [-0.3, -0.25) is 0 Å². The van der Waals surface area contributed by atoms with Crippen LogP contribution >= 0.6 is 0 Å². The molecule has 0 saturated heterocycles. The molecule has 0 amide bonds. The van der Waals surface area contributed by atoms with E-state index in [-0.39, 0.29) is 13.0 Å². The Balaban J connectivity index is 1.75. The molecule has 0 fully saturated rings. The van der Waals surface area contributed by atoms with Crippen LogP contribution in [0.3, 0.4) is 0 Å². The minimum absolute atomic E-state index is 0.183. The van der Waals surface area contributed by atoms with Gasteiger partial charge in [0.2, 0.25) is 0 Å². The van der Waals surface area contributed by atoms with Crippen LogP contribution in [0.4, 0.5) is 57.1 Å². The Morgan fingerprint density at radius 1 is 0.531 bits per heavy atom. The van der Waals surface area contributed by atoms with Gasteiger partial charge in [0.25, 0.3) is 0 Å². The average Bonchev–Trinajstić information content (AvgIpc) is 2.96. The maximum Gasteiger partial charge on any atom is 0.527 e. The van der Waals surface area contributed by atoms with E-state index in [4.69, 9.17) is 9.47 Å². The Morgan fingerprint density at radius 3 is 1.59 bits per heavy atom. The van der Waals surface area contributed by atoms with E-state index in [0.29, 0.717) is 29.5 Å². The molecule has 0 aliphatic carbocycles. The number of hydrogen-bond acceptors (Lipinski definition) is 8. The molecule has 0 N–H and O–H groups in total. The summed E-state index contributed by atoms with van der Waals surface area (Å²) in [6, 6.07) is 6.25. The molecule has 0 atom stereocenters. The van der Waals surface area contributed by atoms with Gasteiger partial charge in [-0.15, -0.1) is 13.2 Å². The van der Waals surface area contributed by atoms with Crippen molar-refractivity contribution in [1.29, 1.82) is 0 Å². The van der Waals surface area contributed by atoms with Crippen LogP contribution in [-0.2, 0) is 18.9 Å². The molecule has 0 bridgehead atoms. The van der Waals surface area contributed by atoms with Crippen molar-refractivity contribution < 1.29 is 85.5 Å². The molecule has 1 aromatic carbocycles. The molecule has 0 aliphatic rings. The van der Waals surface area contributed by atoms with E-state index in [2.05, 4.69) is 26.4 Å². The summed E-state index contributed by atoms with van der Waals surface area (Å²) in [7, 11) is 0. The number of alkyl halides is 13. The monoisotopic (exact) mass is 738 g/mol. The van der Waals surface area contributed by atoms with Gasteiger partial charge >= 0.3 is 36.9 Å². The average molecular weight is 739 g/mol. The SMILES string of the molecule is CCCCCCCCOc1cnc(-c2ccc(OCCCOCC(F)(F)OC(F)(F)C(F)(F)OC(F)(F)C(F)(F)OC(F)(F)F)cc2)nc1. The smallest absolute Gasteiger partial charge is 0.494 e. The summed E-state index contributed by atoms with van der Waals surface area (Å²) >= 11 is 0. The summed E-state index contributed by atoms with van der Waals surface area (Å²) < 4.78 is 190. The molecule has 1 aromatic heterocycles. The topological polar surface area (TPSA) is 81.2 Å². The molecule has 0 aliphatic heterocycles. The third-order valence-corrected chi connectivity index (χ3v) is 5.93. The molecular weight excluding hydrogens is 707 g/mol. The van der Waals surface area contributed by atoms with Crippen LogP contribution in [-0.4, -0.2) is 73.3 Å². The highest BCUT2D eigenvalue weighted by Crippen LogP contribution is 2.48. The first kappa shape index (κ1) is 42.0. The molecule has 2 rings (SSSR count). The molecule has 0 unspecified atom stereocenters. The molecule has 0 spiro atoms. The highest BCUT2D eigenvalue weighted by molar-refractivity contribution is 5.56.